The number of amides is 2. The Morgan fingerprint density at radius 3 is 2.38 bits per heavy atom. The zero-order valence-electron chi connectivity index (χ0n) is 14.8. The number of esters is 1. The van der Waals surface area contributed by atoms with Gasteiger partial charge in [0.25, 0.3) is 5.91 Å². The average molecular weight is 382 g/mol. The quantitative estimate of drug-likeness (QED) is 0.681. The molecule has 1 aliphatic rings. The average Bonchev–Trinajstić information content (AvgIpc) is 3.08. The van der Waals surface area contributed by atoms with Crippen LogP contribution in [0.25, 0.3) is 0 Å². The highest BCUT2D eigenvalue weighted by atomic mass is 32.2. The van der Waals surface area contributed by atoms with Gasteiger partial charge in [-0.1, -0.05) is 12.1 Å². The van der Waals surface area contributed by atoms with E-state index in [0.717, 1.165) is 6.26 Å². The Hall–Kier alpha value is -2.42. The van der Waals surface area contributed by atoms with E-state index in [1.807, 2.05) is 0 Å². The lowest BCUT2D eigenvalue weighted by molar-refractivity contribution is -0.148. The van der Waals surface area contributed by atoms with Crippen molar-refractivity contribution in [3.8, 4) is 0 Å². The third kappa shape index (κ3) is 4.60. The molecule has 2 amide bonds. The van der Waals surface area contributed by atoms with Crippen LogP contribution >= 0.6 is 0 Å². The first-order valence-electron chi connectivity index (χ1n) is 8.32. The van der Waals surface area contributed by atoms with Gasteiger partial charge in [-0.3, -0.25) is 19.4 Å². The molecule has 9 heteroatoms. The molecule has 0 aromatic heterocycles. The summed E-state index contributed by atoms with van der Waals surface area (Å²) >= 11 is 0. The molecule has 1 saturated heterocycles. The van der Waals surface area contributed by atoms with E-state index in [1.54, 1.807) is 19.1 Å². The largest absolute Gasteiger partial charge is 0.466 e. The van der Waals surface area contributed by atoms with Gasteiger partial charge in [0.05, 0.1) is 23.5 Å². The van der Waals surface area contributed by atoms with Gasteiger partial charge >= 0.3 is 5.97 Å². The van der Waals surface area contributed by atoms with Gasteiger partial charge in [0.2, 0.25) is 5.91 Å². The van der Waals surface area contributed by atoms with Gasteiger partial charge in [-0.2, -0.15) is 0 Å². The summed E-state index contributed by atoms with van der Waals surface area (Å²) in [6, 6.07) is 5.91. The topological polar surface area (TPSA) is 101 Å². The summed E-state index contributed by atoms with van der Waals surface area (Å²) in [5.74, 6) is -1.39. The predicted octanol–water partition coefficient (Wildman–Crippen LogP) is 1.02. The predicted molar refractivity (Wildman–Crippen MR) is 92.8 cm³/mol. The zero-order chi connectivity index (χ0) is 19.3. The third-order valence-electron chi connectivity index (χ3n) is 3.92. The van der Waals surface area contributed by atoms with Gasteiger partial charge < -0.3 is 4.74 Å². The lowest BCUT2D eigenvalue weighted by Gasteiger charge is -2.28. The van der Waals surface area contributed by atoms with Crippen molar-refractivity contribution >= 4 is 27.6 Å². The Balaban J connectivity index is 2.16. The normalized spacial score (nSPS) is 14.4. The summed E-state index contributed by atoms with van der Waals surface area (Å²) in [6.07, 6.45) is 1.48. The molecule has 0 atom stereocenters. The van der Waals surface area contributed by atoms with Gasteiger partial charge in [0.1, 0.15) is 0 Å². The highest BCUT2D eigenvalue weighted by Gasteiger charge is 2.33. The summed E-state index contributed by atoms with van der Waals surface area (Å²) in [5.41, 5.74) is 0.0279. The van der Waals surface area contributed by atoms with Gasteiger partial charge in [0, 0.05) is 25.8 Å². The first kappa shape index (κ1) is 19.9. The maximum Gasteiger partial charge on any atom is 0.306 e. The number of hydrogen-bond acceptors (Lipinski definition) is 6. The van der Waals surface area contributed by atoms with Crippen molar-refractivity contribution in [2.75, 3.05) is 26.0 Å². The molecule has 0 aliphatic carbocycles. The Morgan fingerprint density at radius 1 is 1.08 bits per heavy atom. The van der Waals surface area contributed by atoms with E-state index in [0.29, 0.717) is 19.5 Å². The van der Waals surface area contributed by atoms with E-state index >= 15 is 0 Å². The van der Waals surface area contributed by atoms with Crippen LogP contribution in [-0.2, 0) is 24.2 Å². The highest BCUT2D eigenvalue weighted by Crippen LogP contribution is 2.21. The second-order valence-corrected chi connectivity index (χ2v) is 7.86. The molecular formula is C17H22N2O6S. The second kappa shape index (κ2) is 8.31. The fraction of sp³-hybridized carbons (Fsp3) is 0.471. The summed E-state index contributed by atoms with van der Waals surface area (Å²) < 4.78 is 28.6. The van der Waals surface area contributed by atoms with Crippen molar-refractivity contribution in [2.24, 2.45) is 0 Å². The molecule has 1 heterocycles. The van der Waals surface area contributed by atoms with Crippen LogP contribution in [0.15, 0.2) is 29.2 Å². The maximum absolute atomic E-state index is 12.8. The van der Waals surface area contributed by atoms with Crippen LogP contribution in [0, 0.1) is 0 Å². The second-order valence-electron chi connectivity index (χ2n) is 5.87. The molecule has 0 saturated carbocycles. The summed E-state index contributed by atoms with van der Waals surface area (Å²) in [7, 11) is -3.59. The minimum absolute atomic E-state index is 0.0279. The Bertz CT molecular complexity index is 805. The molecule has 0 bridgehead atoms. The van der Waals surface area contributed by atoms with Crippen LogP contribution in [-0.4, -0.2) is 62.2 Å². The summed E-state index contributed by atoms with van der Waals surface area (Å²) in [6.45, 7) is 2.57. The zero-order valence-corrected chi connectivity index (χ0v) is 15.6. The van der Waals surface area contributed by atoms with Crippen molar-refractivity contribution in [3.05, 3.63) is 29.8 Å². The fourth-order valence-electron chi connectivity index (χ4n) is 2.76. The molecule has 1 fully saturated rings. The van der Waals surface area contributed by atoms with Gasteiger partial charge in [0.15, 0.2) is 9.84 Å². The van der Waals surface area contributed by atoms with Gasteiger partial charge in [-0.15, -0.1) is 0 Å². The van der Waals surface area contributed by atoms with Crippen LogP contribution in [0.4, 0.5) is 0 Å². The van der Waals surface area contributed by atoms with Crippen molar-refractivity contribution in [3.63, 3.8) is 0 Å². The molecule has 8 nitrogen and oxygen atoms in total. The molecule has 2 rings (SSSR count). The number of nitrogens with zero attached hydrogens (tertiary/aromatic N) is 2. The molecule has 1 aromatic carbocycles. The van der Waals surface area contributed by atoms with Crippen LogP contribution in [0.3, 0.4) is 0 Å². The van der Waals surface area contributed by atoms with Crippen LogP contribution in [0.1, 0.15) is 36.5 Å². The summed E-state index contributed by atoms with van der Waals surface area (Å²) in [4.78, 5) is 36.6. The molecule has 1 aromatic rings. The highest BCUT2D eigenvalue weighted by molar-refractivity contribution is 7.90. The van der Waals surface area contributed by atoms with E-state index < -0.39 is 21.7 Å². The lowest BCUT2D eigenvalue weighted by Crippen LogP contribution is -2.45. The third-order valence-corrected chi connectivity index (χ3v) is 5.07. The molecule has 1 aliphatic heterocycles. The summed E-state index contributed by atoms with van der Waals surface area (Å²) in [5, 5.41) is 2.53. The molecule has 0 spiro atoms. The number of hydrazine groups is 1. The first-order valence-corrected chi connectivity index (χ1v) is 10.2. The van der Waals surface area contributed by atoms with Crippen LogP contribution in [0.5, 0.6) is 0 Å². The van der Waals surface area contributed by atoms with E-state index in [9.17, 15) is 22.8 Å². The standard InChI is InChI=1S/C17H22N2O6S/c1-3-25-16(21)10-9-15(20)18-11-6-12-19(18)17(22)13-7-4-5-8-14(13)26(2,23)24/h4-5,7-8H,3,6,9-12H2,1-2H3. The van der Waals surface area contributed by atoms with Crippen LogP contribution in [0.2, 0.25) is 0 Å². The van der Waals surface area contributed by atoms with E-state index in [4.69, 9.17) is 4.74 Å². The number of carbonyl (C=O) groups is 3. The molecule has 0 N–H and O–H groups in total. The van der Waals surface area contributed by atoms with Crippen molar-refractivity contribution < 1.29 is 27.5 Å². The van der Waals surface area contributed by atoms with Crippen LogP contribution < -0.4 is 0 Å². The van der Waals surface area contributed by atoms with Crippen molar-refractivity contribution in [1.82, 2.24) is 10.0 Å². The van der Waals surface area contributed by atoms with Crippen molar-refractivity contribution in [2.45, 2.75) is 31.1 Å². The number of sulfone groups is 1. The van der Waals surface area contributed by atoms with E-state index in [1.165, 1.54) is 22.2 Å². The molecule has 26 heavy (non-hydrogen) atoms. The molecule has 142 valence electrons. The minimum atomic E-state index is -3.59. The molecule has 0 unspecified atom stereocenters. The SMILES string of the molecule is CCOC(=O)CCC(=O)N1CCCN1C(=O)c1ccccc1S(C)(=O)=O. The Kier molecular flexibility index (Phi) is 6.36. The minimum Gasteiger partial charge on any atom is -0.466 e. The number of rotatable bonds is 6. The maximum atomic E-state index is 12.8. The lowest BCUT2D eigenvalue weighted by atomic mass is 10.2. The monoisotopic (exact) mass is 382 g/mol. The van der Waals surface area contributed by atoms with E-state index in [2.05, 4.69) is 0 Å². The Labute approximate surface area is 152 Å². The number of benzene rings is 1. The molecule has 0 radical (unpaired) electrons. The van der Waals surface area contributed by atoms with Gasteiger partial charge in [-0.25, -0.2) is 13.4 Å². The van der Waals surface area contributed by atoms with Gasteiger partial charge in [-0.05, 0) is 25.5 Å². The molecular weight excluding hydrogens is 360 g/mol. The van der Waals surface area contributed by atoms with E-state index in [-0.39, 0.29) is 35.8 Å². The van der Waals surface area contributed by atoms with Crippen molar-refractivity contribution in [1.29, 1.82) is 0 Å². The first-order chi connectivity index (χ1) is 12.3. The number of hydrogen-bond donors (Lipinski definition) is 0. The number of carbonyl (C=O) groups excluding carboxylic acids is 3. The smallest absolute Gasteiger partial charge is 0.306 e. The Morgan fingerprint density at radius 2 is 1.73 bits per heavy atom. The number of ether oxygens (including phenoxy) is 1. The fourth-order valence-corrected chi connectivity index (χ4v) is 3.64.